The summed E-state index contributed by atoms with van der Waals surface area (Å²) in [5.41, 5.74) is 2.23. The summed E-state index contributed by atoms with van der Waals surface area (Å²) in [6.07, 6.45) is 3.61. The molecule has 0 aliphatic heterocycles. The number of halogens is 1. The molecule has 0 saturated carbocycles. The van der Waals surface area contributed by atoms with E-state index in [1.54, 1.807) is 6.20 Å². The zero-order chi connectivity index (χ0) is 16.7. The Bertz CT molecular complexity index is 651. The van der Waals surface area contributed by atoms with Gasteiger partial charge in [0.15, 0.2) is 5.96 Å². The van der Waals surface area contributed by atoms with Crippen LogP contribution in [0.4, 0.5) is 5.82 Å². The van der Waals surface area contributed by atoms with Crippen LogP contribution in [-0.4, -0.2) is 41.4 Å². The molecule has 0 unspecified atom stereocenters. The summed E-state index contributed by atoms with van der Waals surface area (Å²) < 4.78 is 1.85. The van der Waals surface area contributed by atoms with Crippen LogP contribution in [-0.2, 0) is 20.1 Å². The average Bonchev–Trinajstić information content (AvgIpc) is 2.95. The van der Waals surface area contributed by atoms with Gasteiger partial charge in [-0.05, 0) is 30.7 Å². The molecule has 0 saturated heterocycles. The number of hydrogen-bond acceptors (Lipinski definition) is 4. The summed E-state index contributed by atoms with van der Waals surface area (Å²) in [5.74, 6) is 1.72. The van der Waals surface area contributed by atoms with E-state index in [2.05, 4.69) is 32.6 Å². The Labute approximate surface area is 160 Å². The number of pyridine rings is 1. The fourth-order valence-electron chi connectivity index (χ4n) is 2.06. The molecule has 0 aliphatic carbocycles. The molecule has 2 aromatic heterocycles. The van der Waals surface area contributed by atoms with E-state index < -0.39 is 0 Å². The lowest BCUT2D eigenvalue weighted by atomic mass is 10.2. The second kappa shape index (κ2) is 10.1. The van der Waals surface area contributed by atoms with Gasteiger partial charge in [0.1, 0.15) is 5.82 Å². The van der Waals surface area contributed by atoms with E-state index in [1.807, 2.05) is 55.1 Å². The molecule has 24 heavy (non-hydrogen) atoms. The lowest BCUT2D eigenvalue weighted by Crippen LogP contribution is -2.37. The van der Waals surface area contributed by atoms with Gasteiger partial charge in [0, 0.05) is 40.1 Å². The van der Waals surface area contributed by atoms with Crippen molar-refractivity contribution in [1.29, 1.82) is 0 Å². The first kappa shape index (κ1) is 20.2. The van der Waals surface area contributed by atoms with Gasteiger partial charge in [-0.3, -0.25) is 4.68 Å². The maximum Gasteiger partial charge on any atom is 0.191 e. The van der Waals surface area contributed by atoms with Gasteiger partial charge < -0.3 is 15.5 Å². The van der Waals surface area contributed by atoms with Gasteiger partial charge >= 0.3 is 0 Å². The fourth-order valence-corrected chi connectivity index (χ4v) is 2.06. The highest BCUT2D eigenvalue weighted by Crippen LogP contribution is 2.10. The topological polar surface area (TPSA) is 70.4 Å². The summed E-state index contributed by atoms with van der Waals surface area (Å²) in [7, 11) is 5.89. The van der Waals surface area contributed by atoms with Crippen molar-refractivity contribution >= 4 is 35.8 Å². The van der Waals surface area contributed by atoms with Crippen LogP contribution in [0.1, 0.15) is 18.2 Å². The lowest BCUT2D eigenvalue weighted by Gasteiger charge is -2.13. The van der Waals surface area contributed by atoms with E-state index in [0.29, 0.717) is 13.1 Å². The monoisotopic (exact) mass is 443 g/mol. The van der Waals surface area contributed by atoms with Crippen LogP contribution in [0.15, 0.2) is 35.6 Å². The smallest absolute Gasteiger partial charge is 0.191 e. The second-order valence-corrected chi connectivity index (χ2v) is 5.41. The number of aromatic nitrogens is 3. The second-order valence-electron chi connectivity index (χ2n) is 5.41. The molecule has 0 radical (unpaired) electrons. The largest absolute Gasteiger partial charge is 0.363 e. The van der Waals surface area contributed by atoms with Crippen LogP contribution in [0.5, 0.6) is 0 Å². The van der Waals surface area contributed by atoms with Crippen molar-refractivity contribution in [1.82, 2.24) is 25.4 Å². The normalized spacial score (nSPS) is 10.9. The molecule has 7 nitrogen and oxygen atoms in total. The van der Waals surface area contributed by atoms with Gasteiger partial charge in [0.25, 0.3) is 0 Å². The fraction of sp³-hybridized carbons (Fsp3) is 0.438. The maximum absolute atomic E-state index is 4.63. The first-order valence-corrected chi connectivity index (χ1v) is 7.71. The van der Waals surface area contributed by atoms with Crippen molar-refractivity contribution in [3.63, 3.8) is 0 Å². The third kappa shape index (κ3) is 5.99. The zero-order valence-corrected chi connectivity index (χ0v) is 17.0. The Morgan fingerprint density at radius 1 is 1.25 bits per heavy atom. The molecular formula is C16H26IN7. The summed E-state index contributed by atoms with van der Waals surface area (Å²) in [4.78, 5) is 10.9. The highest BCUT2D eigenvalue weighted by atomic mass is 127. The highest BCUT2D eigenvalue weighted by molar-refractivity contribution is 14.0. The molecule has 8 heteroatoms. The molecule has 0 aliphatic rings. The van der Waals surface area contributed by atoms with Gasteiger partial charge in [-0.25, -0.2) is 9.98 Å². The number of rotatable bonds is 6. The number of guanidine groups is 1. The molecule has 2 rings (SSSR count). The van der Waals surface area contributed by atoms with E-state index >= 15 is 0 Å². The zero-order valence-electron chi connectivity index (χ0n) is 14.7. The third-order valence-corrected chi connectivity index (χ3v) is 3.39. The van der Waals surface area contributed by atoms with Gasteiger partial charge in [0.2, 0.25) is 0 Å². The average molecular weight is 443 g/mol. The Balaban J connectivity index is 0.00000288. The molecule has 132 valence electrons. The van der Waals surface area contributed by atoms with Crippen LogP contribution in [0.2, 0.25) is 0 Å². The lowest BCUT2D eigenvalue weighted by molar-refractivity contribution is 0.685. The van der Waals surface area contributed by atoms with E-state index in [4.69, 9.17) is 0 Å². The number of nitrogens with zero attached hydrogens (tertiary/aromatic N) is 5. The van der Waals surface area contributed by atoms with Crippen LogP contribution in [0.3, 0.4) is 0 Å². The summed E-state index contributed by atoms with van der Waals surface area (Å²) in [5, 5.41) is 10.7. The predicted octanol–water partition coefficient (Wildman–Crippen LogP) is 1.75. The van der Waals surface area contributed by atoms with Gasteiger partial charge in [0.05, 0.1) is 18.8 Å². The first-order valence-electron chi connectivity index (χ1n) is 7.71. The van der Waals surface area contributed by atoms with Crippen molar-refractivity contribution in [3.05, 3.63) is 41.9 Å². The molecule has 0 bridgehead atoms. The quantitative estimate of drug-likeness (QED) is 0.405. The highest BCUT2D eigenvalue weighted by Gasteiger charge is 2.02. The van der Waals surface area contributed by atoms with E-state index in [9.17, 15) is 0 Å². The van der Waals surface area contributed by atoms with Crippen molar-refractivity contribution in [2.45, 2.75) is 20.0 Å². The van der Waals surface area contributed by atoms with Crippen molar-refractivity contribution in [3.8, 4) is 0 Å². The van der Waals surface area contributed by atoms with Crippen molar-refractivity contribution in [2.75, 3.05) is 25.5 Å². The molecule has 0 aromatic carbocycles. The molecule has 2 aromatic rings. The third-order valence-electron chi connectivity index (χ3n) is 3.39. The van der Waals surface area contributed by atoms with E-state index in [0.717, 1.165) is 29.6 Å². The number of nitrogens with one attached hydrogen (secondary N) is 2. The van der Waals surface area contributed by atoms with Crippen LogP contribution in [0, 0.1) is 0 Å². The number of hydrogen-bond donors (Lipinski definition) is 2. The van der Waals surface area contributed by atoms with Crippen molar-refractivity contribution < 1.29 is 0 Å². The molecular weight excluding hydrogens is 417 g/mol. The number of aliphatic imine (C=N–C) groups is 1. The van der Waals surface area contributed by atoms with Gasteiger partial charge in [-0.1, -0.05) is 0 Å². The molecule has 0 amide bonds. The van der Waals surface area contributed by atoms with Crippen LogP contribution < -0.4 is 15.5 Å². The maximum atomic E-state index is 4.63. The molecule has 2 N–H and O–H groups in total. The van der Waals surface area contributed by atoms with Gasteiger partial charge in [-0.15, -0.1) is 24.0 Å². The van der Waals surface area contributed by atoms with E-state index in [-0.39, 0.29) is 24.0 Å². The number of anilines is 1. The Kier molecular flexibility index (Phi) is 8.51. The minimum Gasteiger partial charge on any atom is -0.363 e. The summed E-state index contributed by atoms with van der Waals surface area (Å²) >= 11 is 0. The standard InChI is InChI=1S/C16H25N7.HI/c1-5-17-16(20-12-14-7-9-21-23(14)4)19-11-13-6-8-18-15(10-13)22(2)3;/h6-10H,5,11-12H2,1-4H3,(H2,17,19,20);1H. The first-order chi connectivity index (χ1) is 11.1. The SMILES string of the molecule is CCNC(=NCc1ccnc(N(C)C)c1)NCc1ccnn1C.I. The molecule has 2 heterocycles. The Morgan fingerprint density at radius 3 is 2.67 bits per heavy atom. The van der Waals surface area contributed by atoms with Crippen LogP contribution in [0.25, 0.3) is 0 Å². The Hall–Kier alpha value is -1.84. The van der Waals surface area contributed by atoms with Gasteiger partial charge in [-0.2, -0.15) is 5.10 Å². The minimum atomic E-state index is 0. The van der Waals surface area contributed by atoms with Crippen molar-refractivity contribution in [2.24, 2.45) is 12.0 Å². The summed E-state index contributed by atoms with van der Waals surface area (Å²) in [6, 6.07) is 6.03. The molecule has 0 spiro atoms. The molecule has 0 fully saturated rings. The number of aryl methyl sites for hydroxylation is 1. The predicted molar refractivity (Wildman–Crippen MR) is 109 cm³/mol. The van der Waals surface area contributed by atoms with Crippen LogP contribution >= 0.6 is 24.0 Å². The molecule has 0 atom stereocenters. The Morgan fingerprint density at radius 2 is 2.04 bits per heavy atom. The minimum absolute atomic E-state index is 0. The van der Waals surface area contributed by atoms with E-state index in [1.165, 1.54) is 0 Å². The summed E-state index contributed by atoms with van der Waals surface area (Å²) in [6.45, 7) is 4.15.